The fraction of sp³-hybridized carbons (Fsp3) is 0.444. The Hall–Kier alpha value is -2.93. The summed E-state index contributed by atoms with van der Waals surface area (Å²) in [6, 6.07) is 6.82. The Labute approximate surface area is 205 Å². The Morgan fingerprint density at radius 3 is 2.59 bits per heavy atom. The fourth-order valence-electron chi connectivity index (χ4n) is 4.17. The lowest BCUT2D eigenvalue weighted by Crippen LogP contribution is -2.35. The zero-order valence-corrected chi connectivity index (χ0v) is 21.0. The second kappa shape index (κ2) is 12.5. The van der Waals surface area contributed by atoms with E-state index in [9.17, 15) is 14.7 Å². The summed E-state index contributed by atoms with van der Waals surface area (Å²) in [4.78, 5) is 29.7. The van der Waals surface area contributed by atoms with Crippen LogP contribution in [0.5, 0.6) is 5.75 Å². The maximum absolute atomic E-state index is 13.0. The summed E-state index contributed by atoms with van der Waals surface area (Å²) in [6.45, 7) is 5.78. The zero-order valence-electron chi connectivity index (χ0n) is 20.2. The number of allylic oxidation sites excluding steroid dienone is 2. The predicted molar refractivity (Wildman–Crippen MR) is 135 cm³/mol. The van der Waals surface area contributed by atoms with Crippen molar-refractivity contribution in [2.45, 2.75) is 65.3 Å². The number of nitrogens with zero attached hydrogens (tertiary/aromatic N) is 1. The summed E-state index contributed by atoms with van der Waals surface area (Å²) in [5, 5.41) is 15.7. The van der Waals surface area contributed by atoms with E-state index in [-0.39, 0.29) is 29.6 Å². The first kappa shape index (κ1) is 25.7. The molecule has 0 unspecified atom stereocenters. The number of aromatic nitrogens is 1. The Morgan fingerprint density at radius 1 is 1.21 bits per heavy atom. The quantitative estimate of drug-likeness (QED) is 0.270. The van der Waals surface area contributed by atoms with E-state index in [1.165, 1.54) is 17.8 Å². The van der Waals surface area contributed by atoms with Gasteiger partial charge in [-0.15, -0.1) is 11.3 Å². The molecule has 34 heavy (non-hydrogen) atoms. The summed E-state index contributed by atoms with van der Waals surface area (Å²) in [7, 11) is 0. The van der Waals surface area contributed by atoms with E-state index in [1.54, 1.807) is 32.1 Å². The Kier molecular flexibility index (Phi) is 9.45. The molecule has 0 radical (unpaired) electrons. The second-order valence-electron chi connectivity index (χ2n) is 8.81. The number of hydrogen-bond donors (Lipinski definition) is 2. The average Bonchev–Trinajstić information content (AvgIpc) is 3.28. The van der Waals surface area contributed by atoms with Crippen LogP contribution < -0.4 is 5.32 Å². The maximum atomic E-state index is 13.0. The van der Waals surface area contributed by atoms with Gasteiger partial charge in [-0.05, 0) is 75.5 Å². The van der Waals surface area contributed by atoms with E-state index < -0.39 is 0 Å². The minimum Gasteiger partial charge on any atom is -0.508 e. The van der Waals surface area contributed by atoms with Gasteiger partial charge < -0.3 is 15.2 Å². The molecule has 0 spiro atoms. The lowest BCUT2D eigenvalue weighted by molar-refractivity contribution is -0.138. The van der Waals surface area contributed by atoms with Crippen molar-refractivity contribution in [1.29, 1.82) is 0 Å². The van der Waals surface area contributed by atoms with Crippen LogP contribution in [-0.4, -0.2) is 28.6 Å². The maximum Gasteiger partial charge on any atom is 0.333 e. The lowest BCUT2D eigenvalue weighted by atomic mass is 9.88. The van der Waals surface area contributed by atoms with Gasteiger partial charge in [-0.2, -0.15) is 0 Å². The van der Waals surface area contributed by atoms with Gasteiger partial charge in [0.1, 0.15) is 10.8 Å². The molecule has 1 aromatic heterocycles. The summed E-state index contributed by atoms with van der Waals surface area (Å²) in [5.74, 6) is 0.0528. The molecule has 1 aromatic carbocycles. The normalized spacial score (nSPS) is 16.2. The molecule has 1 fully saturated rings. The Balaban J connectivity index is 1.78. The van der Waals surface area contributed by atoms with Crippen LogP contribution in [0.3, 0.4) is 0 Å². The van der Waals surface area contributed by atoms with Crippen molar-refractivity contribution < 1.29 is 19.4 Å². The van der Waals surface area contributed by atoms with Gasteiger partial charge in [-0.25, -0.2) is 9.78 Å². The van der Waals surface area contributed by atoms with Crippen molar-refractivity contribution in [1.82, 2.24) is 10.3 Å². The summed E-state index contributed by atoms with van der Waals surface area (Å²) < 4.78 is 5.04. The van der Waals surface area contributed by atoms with Crippen LogP contribution in [0.4, 0.5) is 0 Å². The van der Waals surface area contributed by atoms with Crippen molar-refractivity contribution in [2.75, 3.05) is 6.61 Å². The number of nitrogens with one attached hydrogen (secondary N) is 1. The number of phenols is 1. The predicted octanol–water partition coefficient (Wildman–Crippen LogP) is 5.74. The molecule has 1 aliphatic rings. The summed E-state index contributed by atoms with van der Waals surface area (Å²) in [6.07, 6.45) is 9.58. The molecule has 6 nitrogen and oxygen atoms in total. The zero-order chi connectivity index (χ0) is 24.5. The van der Waals surface area contributed by atoms with E-state index in [2.05, 4.69) is 5.32 Å². The van der Waals surface area contributed by atoms with Crippen LogP contribution in [0.25, 0.3) is 6.08 Å². The third kappa shape index (κ3) is 7.55. The highest BCUT2D eigenvalue weighted by molar-refractivity contribution is 7.09. The van der Waals surface area contributed by atoms with Gasteiger partial charge in [0.25, 0.3) is 0 Å². The number of aromatic hydroxyl groups is 1. The van der Waals surface area contributed by atoms with Gasteiger partial charge in [0.05, 0.1) is 18.3 Å². The molecule has 2 N–H and O–H groups in total. The van der Waals surface area contributed by atoms with Crippen LogP contribution in [0.1, 0.15) is 75.2 Å². The molecule has 1 saturated carbocycles. The van der Waals surface area contributed by atoms with E-state index in [0.29, 0.717) is 18.6 Å². The van der Waals surface area contributed by atoms with Gasteiger partial charge >= 0.3 is 5.97 Å². The molecular formula is C27H34N2O4S. The topological polar surface area (TPSA) is 88.5 Å². The highest BCUT2D eigenvalue weighted by Gasteiger charge is 2.25. The van der Waals surface area contributed by atoms with E-state index >= 15 is 0 Å². The highest BCUT2D eigenvalue weighted by Crippen LogP contribution is 2.28. The lowest BCUT2D eigenvalue weighted by Gasteiger charge is -2.24. The first-order valence-electron chi connectivity index (χ1n) is 11.9. The number of benzene rings is 1. The van der Waals surface area contributed by atoms with Crippen molar-refractivity contribution in [3.8, 4) is 5.75 Å². The molecule has 1 amide bonds. The largest absolute Gasteiger partial charge is 0.508 e. The molecule has 1 aliphatic carbocycles. The highest BCUT2D eigenvalue weighted by atomic mass is 32.1. The average molecular weight is 483 g/mol. The van der Waals surface area contributed by atoms with E-state index in [4.69, 9.17) is 9.72 Å². The van der Waals surface area contributed by atoms with Crippen molar-refractivity contribution >= 4 is 29.3 Å². The van der Waals surface area contributed by atoms with Gasteiger partial charge in [0.15, 0.2) is 0 Å². The molecule has 0 saturated heterocycles. The van der Waals surface area contributed by atoms with Crippen molar-refractivity contribution in [2.24, 2.45) is 5.92 Å². The van der Waals surface area contributed by atoms with Crippen LogP contribution in [0.15, 0.2) is 46.9 Å². The number of phenolic OH excluding ortho intramolecular Hbond substituents is 1. The smallest absolute Gasteiger partial charge is 0.333 e. The molecule has 3 rings (SSSR count). The van der Waals surface area contributed by atoms with E-state index in [1.807, 2.05) is 30.5 Å². The number of esters is 1. The SMILES string of the molecule is CCOC(=O)C(C)=CC(C)=Cc1csc([C@H](Cc2ccc(O)cc2)NC(=O)C2CCCCC2)n1. The van der Waals surface area contributed by atoms with Gasteiger partial charge in [-0.3, -0.25) is 4.79 Å². The monoisotopic (exact) mass is 482 g/mol. The van der Waals surface area contributed by atoms with Gasteiger partial charge in [-0.1, -0.05) is 31.4 Å². The molecule has 0 bridgehead atoms. The minimum atomic E-state index is -0.325. The fourth-order valence-corrected chi connectivity index (χ4v) is 5.00. The third-order valence-corrected chi connectivity index (χ3v) is 6.90. The molecule has 182 valence electrons. The number of thiazole rings is 1. The number of rotatable bonds is 9. The molecule has 0 aliphatic heterocycles. The molecule has 1 atom stereocenters. The second-order valence-corrected chi connectivity index (χ2v) is 9.70. The Morgan fingerprint density at radius 2 is 1.91 bits per heavy atom. The molecule has 1 heterocycles. The van der Waals surface area contributed by atoms with Crippen LogP contribution in [-0.2, 0) is 20.7 Å². The number of ether oxygens (including phenoxy) is 1. The minimum absolute atomic E-state index is 0.0635. The van der Waals surface area contributed by atoms with Gasteiger partial charge in [0, 0.05) is 16.9 Å². The summed E-state index contributed by atoms with van der Waals surface area (Å²) >= 11 is 1.51. The van der Waals surface area contributed by atoms with Crippen molar-refractivity contribution in [3.63, 3.8) is 0 Å². The molecule has 7 heteroatoms. The number of hydrogen-bond acceptors (Lipinski definition) is 6. The number of carbonyl (C=O) groups excluding carboxylic acids is 2. The first-order valence-corrected chi connectivity index (χ1v) is 12.8. The molecule has 2 aromatic rings. The van der Waals surface area contributed by atoms with E-state index in [0.717, 1.165) is 47.5 Å². The first-order chi connectivity index (χ1) is 16.4. The number of amides is 1. The van der Waals surface area contributed by atoms with Crippen LogP contribution >= 0.6 is 11.3 Å². The standard InChI is InChI=1S/C27H34N2O4S/c1-4-33-27(32)19(3)14-18(2)15-22-17-34-26(28-22)24(16-20-10-12-23(30)13-11-20)29-25(31)21-8-6-5-7-9-21/h10-15,17,21,24,30H,4-9,16H2,1-3H3,(H,29,31)/t24-/m0/s1. The molecular weight excluding hydrogens is 448 g/mol. The van der Waals surface area contributed by atoms with Crippen LogP contribution in [0, 0.1) is 5.92 Å². The third-order valence-electron chi connectivity index (χ3n) is 5.92. The van der Waals surface area contributed by atoms with Crippen LogP contribution in [0.2, 0.25) is 0 Å². The number of carbonyl (C=O) groups is 2. The van der Waals surface area contributed by atoms with Crippen molar-refractivity contribution in [3.05, 3.63) is 63.1 Å². The Bertz CT molecular complexity index is 1030. The van der Waals surface area contributed by atoms with Gasteiger partial charge in [0.2, 0.25) is 5.91 Å². The summed E-state index contributed by atoms with van der Waals surface area (Å²) in [5.41, 5.74) is 3.23.